The van der Waals surface area contributed by atoms with Crippen LogP contribution in [0.4, 0.5) is 5.82 Å². The molecule has 1 fully saturated rings. The minimum Gasteiger partial charge on any atom is -0.474 e. The first-order chi connectivity index (χ1) is 8.74. The highest BCUT2D eigenvalue weighted by atomic mass is 16.5. The highest BCUT2D eigenvalue weighted by molar-refractivity contribution is 5.33. The second-order valence-electron chi connectivity index (χ2n) is 4.92. The van der Waals surface area contributed by atoms with Crippen LogP contribution in [0.3, 0.4) is 0 Å². The summed E-state index contributed by atoms with van der Waals surface area (Å²) in [6.07, 6.45) is 7.19. The molecule has 5 nitrogen and oxygen atoms in total. The zero-order valence-corrected chi connectivity index (χ0v) is 11.1. The van der Waals surface area contributed by atoms with E-state index in [-0.39, 0.29) is 6.10 Å². The van der Waals surface area contributed by atoms with Crippen molar-refractivity contribution in [3.63, 3.8) is 0 Å². The first-order valence-electron chi connectivity index (χ1n) is 6.70. The summed E-state index contributed by atoms with van der Waals surface area (Å²) in [5, 5.41) is 6.77. The maximum Gasteiger partial charge on any atom is 0.234 e. The summed E-state index contributed by atoms with van der Waals surface area (Å²) >= 11 is 0. The molecule has 0 aromatic carbocycles. The van der Waals surface area contributed by atoms with Crippen LogP contribution in [0.1, 0.15) is 33.1 Å². The van der Waals surface area contributed by atoms with E-state index in [9.17, 15) is 0 Å². The summed E-state index contributed by atoms with van der Waals surface area (Å²) in [6.45, 7) is 6.03. The van der Waals surface area contributed by atoms with Crippen molar-refractivity contribution >= 4 is 5.82 Å². The molecule has 1 aromatic heterocycles. The van der Waals surface area contributed by atoms with E-state index < -0.39 is 0 Å². The van der Waals surface area contributed by atoms with Gasteiger partial charge >= 0.3 is 0 Å². The number of rotatable bonds is 6. The standard InChI is InChI=1S/C13H22N4O/c1-10(2)18-13-9-14-8-12(17-13)16-7-5-11-4-3-6-15-11/h8-11,15H,3-7H2,1-2H3,(H,16,17). The minimum absolute atomic E-state index is 0.122. The topological polar surface area (TPSA) is 59.1 Å². The van der Waals surface area contributed by atoms with Crippen molar-refractivity contribution in [1.82, 2.24) is 15.3 Å². The van der Waals surface area contributed by atoms with Gasteiger partial charge in [-0.05, 0) is 39.7 Å². The number of nitrogens with zero attached hydrogens (tertiary/aromatic N) is 2. The average Bonchev–Trinajstić information content (AvgIpc) is 2.82. The Morgan fingerprint density at radius 3 is 3.11 bits per heavy atom. The third-order valence-electron chi connectivity index (χ3n) is 2.93. The number of hydrogen-bond acceptors (Lipinski definition) is 5. The molecule has 1 saturated heterocycles. The van der Waals surface area contributed by atoms with Crippen molar-refractivity contribution in [1.29, 1.82) is 0 Å². The normalized spacial score (nSPS) is 19.2. The fourth-order valence-electron chi connectivity index (χ4n) is 2.11. The highest BCUT2D eigenvalue weighted by Gasteiger charge is 2.13. The first kappa shape index (κ1) is 13.1. The molecule has 2 N–H and O–H groups in total. The predicted molar refractivity (Wildman–Crippen MR) is 71.9 cm³/mol. The molecule has 2 rings (SSSR count). The van der Waals surface area contributed by atoms with E-state index >= 15 is 0 Å². The van der Waals surface area contributed by atoms with Crippen LogP contribution in [0.15, 0.2) is 12.4 Å². The average molecular weight is 250 g/mol. The Labute approximate surface area is 108 Å². The third-order valence-corrected chi connectivity index (χ3v) is 2.93. The molecule has 0 aliphatic carbocycles. The molecule has 100 valence electrons. The van der Waals surface area contributed by atoms with Crippen molar-refractivity contribution in [2.24, 2.45) is 0 Å². The third kappa shape index (κ3) is 4.14. The summed E-state index contributed by atoms with van der Waals surface area (Å²) < 4.78 is 5.51. The van der Waals surface area contributed by atoms with Gasteiger partial charge in [-0.1, -0.05) is 0 Å². The summed E-state index contributed by atoms with van der Waals surface area (Å²) in [7, 11) is 0. The lowest BCUT2D eigenvalue weighted by atomic mass is 10.1. The summed E-state index contributed by atoms with van der Waals surface area (Å²) in [5.74, 6) is 1.36. The van der Waals surface area contributed by atoms with Crippen molar-refractivity contribution in [3.8, 4) is 5.88 Å². The van der Waals surface area contributed by atoms with E-state index in [1.165, 1.54) is 12.8 Å². The van der Waals surface area contributed by atoms with E-state index in [4.69, 9.17) is 4.74 Å². The van der Waals surface area contributed by atoms with Crippen LogP contribution in [0.5, 0.6) is 5.88 Å². The second-order valence-corrected chi connectivity index (χ2v) is 4.92. The zero-order valence-electron chi connectivity index (χ0n) is 11.1. The van der Waals surface area contributed by atoms with Gasteiger partial charge in [-0.25, -0.2) is 0 Å². The lowest BCUT2D eigenvalue weighted by molar-refractivity contribution is 0.232. The molecule has 0 spiro atoms. The molecule has 1 atom stereocenters. The van der Waals surface area contributed by atoms with Crippen LogP contribution in [0.2, 0.25) is 0 Å². The summed E-state index contributed by atoms with van der Waals surface area (Å²) in [4.78, 5) is 8.48. The first-order valence-corrected chi connectivity index (χ1v) is 6.70. The van der Waals surface area contributed by atoms with Crippen LogP contribution < -0.4 is 15.4 Å². The minimum atomic E-state index is 0.122. The zero-order chi connectivity index (χ0) is 12.8. The van der Waals surface area contributed by atoms with Crippen LogP contribution >= 0.6 is 0 Å². The quantitative estimate of drug-likeness (QED) is 0.806. The van der Waals surface area contributed by atoms with Gasteiger partial charge in [0.1, 0.15) is 5.82 Å². The Hall–Kier alpha value is -1.36. The molecular weight excluding hydrogens is 228 g/mol. The lowest BCUT2D eigenvalue weighted by Gasteiger charge is -2.12. The molecule has 5 heteroatoms. The molecule has 0 radical (unpaired) electrons. The van der Waals surface area contributed by atoms with Gasteiger partial charge in [-0.15, -0.1) is 0 Å². The fraction of sp³-hybridized carbons (Fsp3) is 0.692. The number of anilines is 1. The van der Waals surface area contributed by atoms with E-state index in [0.717, 1.165) is 25.3 Å². The SMILES string of the molecule is CC(C)Oc1cncc(NCCC2CCCN2)n1. The predicted octanol–water partition coefficient (Wildman–Crippen LogP) is 1.82. The van der Waals surface area contributed by atoms with Gasteiger partial charge in [0.2, 0.25) is 5.88 Å². The van der Waals surface area contributed by atoms with E-state index in [0.29, 0.717) is 11.9 Å². The fourth-order valence-corrected chi connectivity index (χ4v) is 2.11. The smallest absolute Gasteiger partial charge is 0.234 e. The Kier molecular flexibility index (Phi) is 4.75. The Bertz CT molecular complexity index is 364. The van der Waals surface area contributed by atoms with E-state index in [1.807, 2.05) is 13.8 Å². The van der Waals surface area contributed by atoms with Gasteiger partial charge in [0, 0.05) is 12.6 Å². The Balaban J connectivity index is 1.77. The molecule has 1 unspecified atom stereocenters. The molecule has 1 aromatic rings. The second kappa shape index (κ2) is 6.54. The van der Waals surface area contributed by atoms with Gasteiger partial charge in [0.25, 0.3) is 0 Å². The summed E-state index contributed by atoms with van der Waals surface area (Å²) in [6, 6.07) is 0.653. The van der Waals surface area contributed by atoms with Gasteiger partial charge < -0.3 is 15.4 Å². The molecule has 0 amide bonds. The van der Waals surface area contributed by atoms with Crippen molar-refractivity contribution in [2.45, 2.75) is 45.3 Å². The van der Waals surface area contributed by atoms with E-state index in [2.05, 4.69) is 20.6 Å². The van der Waals surface area contributed by atoms with Crippen molar-refractivity contribution in [3.05, 3.63) is 12.4 Å². The largest absolute Gasteiger partial charge is 0.474 e. The molecule has 2 heterocycles. The summed E-state index contributed by atoms with van der Waals surface area (Å²) in [5.41, 5.74) is 0. The molecule has 1 aliphatic rings. The molecule has 1 aliphatic heterocycles. The number of ether oxygens (including phenoxy) is 1. The molecule has 18 heavy (non-hydrogen) atoms. The number of aromatic nitrogens is 2. The van der Waals surface area contributed by atoms with Crippen LogP contribution in [-0.2, 0) is 0 Å². The molecule has 0 bridgehead atoms. The van der Waals surface area contributed by atoms with Crippen LogP contribution in [0, 0.1) is 0 Å². The molecular formula is C13H22N4O. The van der Waals surface area contributed by atoms with Gasteiger partial charge in [0.05, 0.1) is 18.5 Å². The van der Waals surface area contributed by atoms with Crippen molar-refractivity contribution in [2.75, 3.05) is 18.4 Å². The maximum absolute atomic E-state index is 5.51. The number of hydrogen-bond donors (Lipinski definition) is 2. The van der Waals surface area contributed by atoms with E-state index in [1.54, 1.807) is 12.4 Å². The Morgan fingerprint density at radius 2 is 2.39 bits per heavy atom. The molecule has 0 saturated carbocycles. The lowest BCUT2D eigenvalue weighted by Crippen LogP contribution is -2.24. The van der Waals surface area contributed by atoms with Crippen molar-refractivity contribution < 1.29 is 4.74 Å². The van der Waals surface area contributed by atoms with Crippen LogP contribution in [0.25, 0.3) is 0 Å². The number of nitrogens with one attached hydrogen (secondary N) is 2. The highest BCUT2D eigenvalue weighted by Crippen LogP contribution is 2.12. The van der Waals surface area contributed by atoms with Gasteiger partial charge in [0.15, 0.2) is 0 Å². The maximum atomic E-state index is 5.51. The van der Waals surface area contributed by atoms with Crippen LogP contribution in [-0.4, -0.2) is 35.2 Å². The van der Waals surface area contributed by atoms with Gasteiger partial charge in [-0.2, -0.15) is 4.98 Å². The monoisotopic (exact) mass is 250 g/mol. The van der Waals surface area contributed by atoms with Gasteiger partial charge in [-0.3, -0.25) is 4.98 Å². The Morgan fingerprint density at radius 1 is 1.50 bits per heavy atom.